The summed E-state index contributed by atoms with van der Waals surface area (Å²) in [4.78, 5) is 15.0. The van der Waals surface area contributed by atoms with Crippen LogP contribution in [0.25, 0.3) is 0 Å². The normalized spacial score (nSPS) is 26.7. The van der Waals surface area contributed by atoms with Crippen LogP contribution in [0.1, 0.15) is 0 Å². The van der Waals surface area contributed by atoms with Crippen LogP contribution < -0.4 is 0 Å². The molecule has 1 atom stereocenters. The molecule has 0 amide bonds. The van der Waals surface area contributed by atoms with Gasteiger partial charge < -0.3 is 0 Å². The Kier molecular flexibility index (Phi) is 1.32. The number of hydrogen-bond donors (Lipinski definition) is 0. The minimum Gasteiger partial charge on any atom is -0.290 e. The molecular formula is C9H7NO. The molecule has 54 valence electrons. The van der Waals surface area contributed by atoms with Gasteiger partial charge in [-0.1, -0.05) is 12.2 Å². The Morgan fingerprint density at radius 3 is 3.18 bits per heavy atom. The van der Waals surface area contributed by atoms with E-state index < -0.39 is 0 Å². The lowest BCUT2D eigenvalue weighted by atomic mass is 9.98. The summed E-state index contributed by atoms with van der Waals surface area (Å²) in [5, 5.41) is 0. The first kappa shape index (κ1) is 6.28. The zero-order valence-electron chi connectivity index (χ0n) is 5.90. The minimum absolute atomic E-state index is 0.0537. The second kappa shape index (κ2) is 2.31. The molecule has 2 nitrogen and oxygen atoms in total. The number of carbonyl (C=O) groups excluding carboxylic acids is 1. The van der Waals surface area contributed by atoms with Gasteiger partial charge in [0.1, 0.15) is 0 Å². The Morgan fingerprint density at radius 2 is 2.27 bits per heavy atom. The number of aliphatic imine (C=N–C) groups is 1. The topological polar surface area (TPSA) is 29.4 Å². The van der Waals surface area contributed by atoms with Gasteiger partial charge in [0.2, 0.25) is 0 Å². The molecule has 2 rings (SSSR count). The minimum atomic E-state index is 0.0537. The van der Waals surface area contributed by atoms with Crippen molar-refractivity contribution in [1.29, 1.82) is 0 Å². The summed E-state index contributed by atoms with van der Waals surface area (Å²) in [6.07, 6.45) is 10.5. The molecule has 0 saturated carbocycles. The Labute approximate surface area is 64.6 Å². The van der Waals surface area contributed by atoms with Crippen molar-refractivity contribution in [2.45, 2.75) is 6.04 Å². The summed E-state index contributed by atoms with van der Waals surface area (Å²) in [5.74, 6) is 0.0537. The summed E-state index contributed by atoms with van der Waals surface area (Å²) >= 11 is 0. The highest BCUT2D eigenvalue weighted by Crippen LogP contribution is 2.16. The predicted octanol–water partition coefficient (Wildman–Crippen LogP) is 1.06. The van der Waals surface area contributed by atoms with Gasteiger partial charge in [-0.2, -0.15) is 0 Å². The summed E-state index contributed by atoms with van der Waals surface area (Å²) in [7, 11) is 0. The Hall–Kier alpha value is -1.44. The quantitative estimate of drug-likeness (QED) is 0.501. The van der Waals surface area contributed by atoms with Crippen molar-refractivity contribution in [1.82, 2.24) is 0 Å². The van der Waals surface area contributed by atoms with E-state index in [2.05, 4.69) is 4.99 Å². The van der Waals surface area contributed by atoms with Gasteiger partial charge in [-0.25, -0.2) is 0 Å². The molecule has 1 aliphatic carbocycles. The van der Waals surface area contributed by atoms with Crippen molar-refractivity contribution < 1.29 is 4.79 Å². The maximum absolute atomic E-state index is 10.9. The lowest BCUT2D eigenvalue weighted by molar-refractivity contribution is -0.110. The molecule has 0 aromatic heterocycles. The van der Waals surface area contributed by atoms with Crippen molar-refractivity contribution in [3.63, 3.8) is 0 Å². The van der Waals surface area contributed by atoms with Crippen LogP contribution in [0, 0.1) is 0 Å². The first-order valence-electron chi connectivity index (χ1n) is 3.50. The molecule has 0 spiro atoms. The fourth-order valence-electron chi connectivity index (χ4n) is 1.17. The van der Waals surface area contributed by atoms with E-state index in [1.54, 1.807) is 18.4 Å². The van der Waals surface area contributed by atoms with E-state index in [1.165, 1.54) is 0 Å². The van der Waals surface area contributed by atoms with Gasteiger partial charge in [0.25, 0.3) is 0 Å². The third kappa shape index (κ3) is 1.07. The van der Waals surface area contributed by atoms with Crippen molar-refractivity contribution in [2.75, 3.05) is 0 Å². The Balaban J connectivity index is 2.39. The van der Waals surface area contributed by atoms with Crippen LogP contribution in [-0.4, -0.2) is 18.0 Å². The average molecular weight is 145 g/mol. The number of fused-ring (bicyclic) bond motifs is 1. The third-order valence-electron chi connectivity index (χ3n) is 1.71. The lowest BCUT2D eigenvalue weighted by Gasteiger charge is -2.14. The number of hydrogen-bond acceptors (Lipinski definition) is 2. The third-order valence-corrected chi connectivity index (χ3v) is 1.71. The number of dihydropyridines is 1. The van der Waals surface area contributed by atoms with Crippen LogP contribution in [-0.2, 0) is 4.79 Å². The smallest absolute Gasteiger partial charge is 0.178 e. The molecular weight excluding hydrogens is 138 g/mol. The molecule has 2 aliphatic rings. The summed E-state index contributed by atoms with van der Waals surface area (Å²) in [6.45, 7) is 0. The second-order valence-electron chi connectivity index (χ2n) is 2.51. The van der Waals surface area contributed by atoms with Gasteiger partial charge in [-0.15, -0.1) is 0 Å². The summed E-state index contributed by atoms with van der Waals surface area (Å²) < 4.78 is 0. The maximum Gasteiger partial charge on any atom is 0.178 e. The van der Waals surface area contributed by atoms with Crippen LogP contribution >= 0.6 is 0 Å². The van der Waals surface area contributed by atoms with Crippen molar-refractivity contribution in [3.8, 4) is 0 Å². The summed E-state index contributed by atoms with van der Waals surface area (Å²) in [6, 6.07) is 0.0812. The predicted molar refractivity (Wildman–Crippen MR) is 43.7 cm³/mol. The Bertz CT molecular complexity index is 308. The lowest BCUT2D eigenvalue weighted by Crippen LogP contribution is -2.12. The van der Waals surface area contributed by atoms with E-state index in [1.807, 2.05) is 18.2 Å². The Morgan fingerprint density at radius 1 is 1.36 bits per heavy atom. The van der Waals surface area contributed by atoms with E-state index in [0.29, 0.717) is 0 Å². The van der Waals surface area contributed by atoms with Crippen LogP contribution in [0.15, 0.2) is 40.9 Å². The van der Waals surface area contributed by atoms with E-state index in [9.17, 15) is 4.79 Å². The number of carbonyl (C=O) groups is 1. The second-order valence-corrected chi connectivity index (χ2v) is 2.51. The molecule has 0 bridgehead atoms. The molecule has 11 heavy (non-hydrogen) atoms. The number of rotatable bonds is 0. The van der Waals surface area contributed by atoms with Crippen molar-refractivity contribution in [3.05, 3.63) is 36.0 Å². The van der Waals surface area contributed by atoms with Crippen molar-refractivity contribution >= 4 is 12.0 Å². The monoisotopic (exact) mass is 145 g/mol. The summed E-state index contributed by atoms with van der Waals surface area (Å²) in [5.41, 5.74) is 0.986. The van der Waals surface area contributed by atoms with Gasteiger partial charge >= 0.3 is 0 Å². The van der Waals surface area contributed by atoms with E-state index in [-0.39, 0.29) is 11.8 Å². The van der Waals surface area contributed by atoms with Crippen LogP contribution in [0.4, 0.5) is 0 Å². The largest absolute Gasteiger partial charge is 0.290 e. The van der Waals surface area contributed by atoms with E-state index in [0.717, 1.165) is 5.57 Å². The molecule has 0 unspecified atom stereocenters. The molecule has 0 radical (unpaired) electrons. The fraction of sp³-hybridized carbons (Fsp3) is 0.111. The van der Waals surface area contributed by atoms with Gasteiger partial charge in [-0.05, 0) is 23.8 Å². The SMILES string of the molecule is O=C1C=C[C@@H]2N=CC=CC2=C1. The highest BCUT2D eigenvalue weighted by atomic mass is 16.1. The van der Waals surface area contributed by atoms with Crippen LogP contribution in [0.3, 0.4) is 0 Å². The zero-order valence-corrected chi connectivity index (χ0v) is 5.90. The average Bonchev–Trinajstić information content (AvgIpc) is 2.04. The molecule has 1 aliphatic heterocycles. The maximum atomic E-state index is 10.9. The van der Waals surface area contributed by atoms with Crippen LogP contribution in [0.2, 0.25) is 0 Å². The molecule has 2 heteroatoms. The molecule has 0 fully saturated rings. The van der Waals surface area contributed by atoms with Crippen molar-refractivity contribution in [2.24, 2.45) is 4.99 Å². The van der Waals surface area contributed by atoms with Gasteiger partial charge in [0, 0.05) is 6.21 Å². The first-order chi connectivity index (χ1) is 5.36. The van der Waals surface area contributed by atoms with Gasteiger partial charge in [-0.3, -0.25) is 9.79 Å². The zero-order chi connectivity index (χ0) is 7.68. The molecule has 1 heterocycles. The molecule has 0 saturated heterocycles. The van der Waals surface area contributed by atoms with E-state index >= 15 is 0 Å². The van der Waals surface area contributed by atoms with Crippen LogP contribution in [0.5, 0.6) is 0 Å². The first-order valence-corrected chi connectivity index (χ1v) is 3.50. The standard InChI is InChI=1S/C9H7NO/c11-8-3-4-9-7(6-8)2-1-5-10-9/h1-6,9H/t9-/m0/s1. The fourth-order valence-corrected chi connectivity index (χ4v) is 1.17. The highest BCUT2D eigenvalue weighted by molar-refractivity contribution is 6.02. The number of allylic oxidation sites excluding steroid dienone is 3. The van der Waals surface area contributed by atoms with Gasteiger partial charge in [0.15, 0.2) is 5.78 Å². The van der Waals surface area contributed by atoms with Gasteiger partial charge in [0.05, 0.1) is 6.04 Å². The number of ketones is 1. The molecule has 0 aromatic carbocycles. The molecule has 0 N–H and O–H groups in total. The molecule has 0 aromatic rings. The highest BCUT2D eigenvalue weighted by Gasteiger charge is 2.13. The number of nitrogens with zero attached hydrogens (tertiary/aromatic N) is 1. The van der Waals surface area contributed by atoms with E-state index in [4.69, 9.17) is 0 Å².